The fourth-order valence-electron chi connectivity index (χ4n) is 2.23. The largest absolute Gasteiger partial charge is 0.493 e. The lowest BCUT2D eigenvalue weighted by Crippen LogP contribution is -2.11. The van der Waals surface area contributed by atoms with Gasteiger partial charge in [0, 0.05) is 11.6 Å². The Bertz CT molecular complexity index is 564. The van der Waals surface area contributed by atoms with Crippen molar-refractivity contribution in [1.29, 1.82) is 0 Å². The van der Waals surface area contributed by atoms with Crippen LogP contribution in [0.2, 0.25) is 0 Å². The average molecular weight is 271 g/mol. The van der Waals surface area contributed by atoms with E-state index in [1.54, 1.807) is 14.2 Å². The molecule has 106 valence electrons. The van der Waals surface area contributed by atoms with E-state index in [4.69, 9.17) is 9.47 Å². The van der Waals surface area contributed by atoms with Crippen molar-refractivity contribution >= 4 is 0 Å². The summed E-state index contributed by atoms with van der Waals surface area (Å²) in [6, 6.07) is 14.8. The molecule has 0 fully saturated rings. The Morgan fingerprint density at radius 2 is 1.65 bits per heavy atom. The fourth-order valence-corrected chi connectivity index (χ4v) is 2.23. The zero-order valence-corrected chi connectivity index (χ0v) is 12.4. The molecule has 0 bridgehead atoms. The van der Waals surface area contributed by atoms with Gasteiger partial charge in [0.05, 0.1) is 14.2 Å². The summed E-state index contributed by atoms with van der Waals surface area (Å²) in [5.41, 5.74) is 3.42. The van der Waals surface area contributed by atoms with Crippen LogP contribution in [0.5, 0.6) is 11.5 Å². The van der Waals surface area contributed by atoms with Gasteiger partial charge in [-0.05, 0) is 31.2 Å². The van der Waals surface area contributed by atoms with E-state index in [0.29, 0.717) is 6.04 Å². The van der Waals surface area contributed by atoms with E-state index in [-0.39, 0.29) is 0 Å². The quantitative estimate of drug-likeness (QED) is 0.900. The fraction of sp³-hybridized carbons (Fsp3) is 0.294. The molecule has 20 heavy (non-hydrogen) atoms. The number of nitrogens with one attached hydrogen (secondary N) is 1. The van der Waals surface area contributed by atoms with Gasteiger partial charge in [0.1, 0.15) is 0 Å². The first kappa shape index (κ1) is 14.4. The van der Waals surface area contributed by atoms with Crippen LogP contribution >= 0.6 is 0 Å². The monoisotopic (exact) mass is 271 g/mol. The van der Waals surface area contributed by atoms with E-state index < -0.39 is 0 Å². The molecule has 2 rings (SSSR count). The molecule has 0 aliphatic carbocycles. The zero-order chi connectivity index (χ0) is 14.5. The molecule has 0 spiro atoms. The molecule has 0 saturated carbocycles. The summed E-state index contributed by atoms with van der Waals surface area (Å²) < 4.78 is 10.8. The first-order chi connectivity index (χ1) is 9.71. The Morgan fingerprint density at radius 1 is 0.950 bits per heavy atom. The summed E-state index contributed by atoms with van der Waals surface area (Å²) in [5.74, 6) is 1.52. The third-order valence-corrected chi connectivity index (χ3v) is 3.56. The second kappa shape index (κ2) is 6.44. The van der Waals surface area contributed by atoms with Gasteiger partial charge in [0.25, 0.3) is 0 Å². The summed E-state index contributed by atoms with van der Waals surface area (Å²) in [6.45, 7) is 2.14. The summed E-state index contributed by atoms with van der Waals surface area (Å²) >= 11 is 0. The third-order valence-electron chi connectivity index (χ3n) is 3.56. The topological polar surface area (TPSA) is 30.5 Å². The molecule has 2 aromatic rings. The van der Waals surface area contributed by atoms with Crippen LogP contribution in [0.3, 0.4) is 0 Å². The van der Waals surface area contributed by atoms with Crippen LogP contribution in [-0.4, -0.2) is 21.3 Å². The lowest BCUT2D eigenvalue weighted by molar-refractivity contribution is 0.356. The minimum atomic E-state index is 0.344. The maximum absolute atomic E-state index is 5.48. The standard InChI is InChI=1S/C17H21NO2/c1-12(18-2)13-8-10-14(11-9-13)15-6-5-7-16(19-3)17(15)20-4/h5-12,18H,1-4H3. The van der Waals surface area contributed by atoms with Gasteiger partial charge in [-0.25, -0.2) is 0 Å². The second-order valence-corrected chi connectivity index (χ2v) is 4.67. The highest BCUT2D eigenvalue weighted by Crippen LogP contribution is 2.37. The van der Waals surface area contributed by atoms with Crippen molar-refractivity contribution in [3.63, 3.8) is 0 Å². The van der Waals surface area contributed by atoms with Crippen LogP contribution in [0.4, 0.5) is 0 Å². The summed E-state index contributed by atoms with van der Waals surface area (Å²) in [6.07, 6.45) is 0. The van der Waals surface area contributed by atoms with E-state index in [2.05, 4.69) is 36.5 Å². The molecule has 0 amide bonds. The van der Waals surface area contributed by atoms with Crippen molar-refractivity contribution in [2.45, 2.75) is 13.0 Å². The van der Waals surface area contributed by atoms with E-state index in [1.807, 2.05) is 25.2 Å². The molecule has 0 radical (unpaired) electrons. The average Bonchev–Trinajstić information content (AvgIpc) is 2.53. The van der Waals surface area contributed by atoms with Crippen LogP contribution < -0.4 is 14.8 Å². The highest BCUT2D eigenvalue weighted by Gasteiger charge is 2.11. The molecule has 0 aliphatic heterocycles. The van der Waals surface area contributed by atoms with Crippen molar-refractivity contribution in [3.8, 4) is 22.6 Å². The van der Waals surface area contributed by atoms with Gasteiger partial charge >= 0.3 is 0 Å². The summed E-state index contributed by atoms with van der Waals surface area (Å²) in [5, 5.41) is 3.24. The molecule has 0 saturated heterocycles. The van der Waals surface area contributed by atoms with Gasteiger partial charge in [-0.15, -0.1) is 0 Å². The molecule has 3 heteroatoms. The Labute approximate surface area is 120 Å². The van der Waals surface area contributed by atoms with E-state index in [9.17, 15) is 0 Å². The minimum Gasteiger partial charge on any atom is -0.493 e. The molecule has 0 heterocycles. The normalized spacial score (nSPS) is 12.0. The van der Waals surface area contributed by atoms with Crippen molar-refractivity contribution < 1.29 is 9.47 Å². The van der Waals surface area contributed by atoms with Gasteiger partial charge < -0.3 is 14.8 Å². The van der Waals surface area contributed by atoms with Gasteiger partial charge in [0.15, 0.2) is 11.5 Å². The smallest absolute Gasteiger partial charge is 0.168 e. The Kier molecular flexibility index (Phi) is 4.64. The van der Waals surface area contributed by atoms with Crippen molar-refractivity contribution in [2.75, 3.05) is 21.3 Å². The van der Waals surface area contributed by atoms with Gasteiger partial charge in [-0.2, -0.15) is 0 Å². The molecular weight excluding hydrogens is 250 g/mol. The summed E-state index contributed by atoms with van der Waals surface area (Å²) in [4.78, 5) is 0. The van der Waals surface area contributed by atoms with Gasteiger partial charge in [-0.1, -0.05) is 36.4 Å². The predicted molar refractivity (Wildman–Crippen MR) is 82.5 cm³/mol. The van der Waals surface area contributed by atoms with Crippen LogP contribution in [0.15, 0.2) is 42.5 Å². The van der Waals surface area contributed by atoms with Crippen LogP contribution in [-0.2, 0) is 0 Å². The molecule has 2 aromatic carbocycles. The molecule has 1 unspecified atom stereocenters. The van der Waals surface area contributed by atoms with Crippen LogP contribution in [0, 0.1) is 0 Å². The minimum absolute atomic E-state index is 0.344. The maximum atomic E-state index is 5.48. The van der Waals surface area contributed by atoms with E-state index in [0.717, 1.165) is 22.6 Å². The second-order valence-electron chi connectivity index (χ2n) is 4.67. The number of hydrogen-bond acceptors (Lipinski definition) is 3. The predicted octanol–water partition coefficient (Wildman–Crippen LogP) is 3.65. The van der Waals surface area contributed by atoms with Gasteiger partial charge in [-0.3, -0.25) is 0 Å². The zero-order valence-electron chi connectivity index (χ0n) is 12.4. The van der Waals surface area contributed by atoms with Crippen LogP contribution in [0.1, 0.15) is 18.5 Å². The highest BCUT2D eigenvalue weighted by atomic mass is 16.5. The first-order valence-electron chi connectivity index (χ1n) is 6.69. The van der Waals surface area contributed by atoms with Gasteiger partial charge in [0.2, 0.25) is 0 Å². The van der Waals surface area contributed by atoms with E-state index in [1.165, 1.54) is 5.56 Å². The lowest BCUT2D eigenvalue weighted by atomic mass is 10.0. The number of hydrogen-bond donors (Lipinski definition) is 1. The van der Waals surface area contributed by atoms with Crippen molar-refractivity contribution in [2.24, 2.45) is 0 Å². The molecule has 0 aliphatic rings. The number of methoxy groups -OCH3 is 2. The molecule has 0 aromatic heterocycles. The Balaban J connectivity index is 2.41. The van der Waals surface area contributed by atoms with Crippen molar-refractivity contribution in [3.05, 3.63) is 48.0 Å². The maximum Gasteiger partial charge on any atom is 0.168 e. The highest BCUT2D eigenvalue weighted by molar-refractivity contribution is 5.74. The molecule has 1 N–H and O–H groups in total. The Hall–Kier alpha value is -2.00. The number of rotatable bonds is 5. The molecule has 1 atom stereocenters. The lowest BCUT2D eigenvalue weighted by Gasteiger charge is -2.14. The summed E-state index contributed by atoms with van der Waals surface area (Å²) in [7, 11) is 5.28. The number of benzene rings is 2. The first-order valence-corrected chi connectivity index (χ1v) is 6.69. The van der Waals surface area contributed by atoms with Crippen molar-refractivity contribution in [1.82, 2.24) is 5.32 Å². The van der Waals surface area contributed by atoms with E-state index >= 15 is 0 Å². The molecule has 3 nitrogen and oxygen atoms in total. The number of para-hydroxylation sites is 1. The molecular formula is C17H21NO2. The Morgan fingerprint density at radius 3 is 2.20 bits per heavy atom. The third kappa shape index (κ3) is 2.78. The number of ether oxygens (including phenoxy) is 2. The van der Waals surface area contributed by atoms with Crippen LogP contribution in [0.25, 0.3) is 11.1 Å². The SMILES string of the molecule is CNC(C)c1ccc(-c2cccc(OC)c2OC)cc1.